The molecule has 2 rings (SSSR count). The van der Waals surface area contributed by atoms with E-state index in [2.05, 4.69) is 0 Å². The third-order valence-corrected chi connectivity index (χ3v) is 3.37. The zero-order chi connectivity index (χ0) is 12.6. The first-order valence-corrected chi connectivity index (χ1v) is 5.96. The lowest BCUT2D eigenvalue weighted by Crippen LogP contribution is -2.13. The summed E-state index contributed by atoms with van der Waals surface area (Å²) in [6.07, 6.45) is 0. The summed E-state index contributed by atoms with van der Waals surface area (Å²) in [5, 5.41) is 0.702. The molecule has 0 bridgehead atoms. The predicted molar refractivity (Wildman–Crippen MR) is 70.4 cm³/mol. The maximum absolute atomic E-state index is 6.28. The average Bonchev–Trinajstić information content (AvgIpc) is 2.52. The third kappa shape index (κ3) is 2.24. The molecule has 1 atom stereocenters. The fourth-order valence-electron chi connectivity index (χ4n) is 2.13. The van der Waals surface area contributed by atoms with Crippen molar-refractivity contribution in [2.45, 2.75) is 26.8 Å². The topological polar surface area (TPSA) is 39.2 Å². The van der Waals surface area contributed by atoms with Crippen LogP contribution in [-0.4, -0.2) is 0 Å². The number of halogens is 1. The molecule has 0 aliphatic heterocycles. The van der Waals surface area contributed by atoms with E-state index in [0.717, 1.165) is 28.2 Å². The van der Waals surface area contributed by atoms with Crippen LogP contribution in [0.2, 0.25) is 5.02 Å². The van der Waals surface area contributed by atoms with E-state index in [1.807, 2.05) is 45.0 Å². The van der Waals surface area contributed by atoms with Crippen LogP contribution in [0.4, 0.5) is 0 Å². The molecule has 0 radical (unpaired) electrons. The van der Waals surface area contributed by atoms with Gasteiger partial charge in [-0.3, -0.25) is 0 Å². The number of aryl methyl sites for hydroxylation is 2. The lowest BCUT2D eigenvalue weighted by molar-refractivity contribution is 0.498. The first-order valence-electron chi connectivity index (χ1n) is 5.58. The second-order valence-corrected chi connectivity index (χ2v) is 4.72. The first-order chi connectivity index (χ1) is 8.00. The maximum atomic E-state index is 6.28. The summed E-state index contributed by atoms with van der Waals surface area (Å²) in [4.78, 5) is 0. The van der Waals surface area contributed by atoms with E-state index in [1.54, 1.807) is 0 Å². The molecule has 0 spiro atoms. The van der Waals surface area contributed by atoms with Gasteiger partial charge >= 0.3 is 0 Å². The quantitative estimate of drug-likeness (QED) is 0.877. The van der Waals surface area contributed by atoms with Crippen molar-refractivity contribution in [1.82, 2.24) is 0 Å². The molecule has 0 aliphatic rings. The molecule has 0 aliphatic carbocycles. The molecule has 2 N–H and O–H groups in total. The molecule has 0 saturated carbocycles. The van der Waals surface area contributed by atoms with Crippen molar-refractivity contribution in [1.29, 1.82) is 0 Å². The molecule has 90 valence electrons. The van der Waals surface area contributed by atoms with Gasteiger partial charge in [-0.05, 0) is 44.0 Å². The highest BCUT2D eigenvalue weighted by atomic mass is 35.5. The summed E-state index contributed by atoms with van der Waals surface area (Å²) in [7, 11) is 0. The zero-order valence-electron chi connectivity index (χ0n) is 10.3. The van der Waals surface area contributed by atoms with Gasteiger partial charge in [0.05, 0.1) is 6.04 Å². The van der Waals surface area contributed by atoms with Gasteiger partial charge in [0.15, 0.2) is 0 Å². The number of benzene rings is 1. The molecule has 1 aromatic heterocycles. The van der Waals surface area contributed by atoms with Crippen molar-refractivity contribution in [2.24, 2.45) is 5.73 Å². The molecule has 0 amide bonds. The first kappa shape index (κ1) is 12.2. The summed E-state index contributed by atoms with van der Waals surface area (Å²) >= 11 is 5.98. The van der Waals surface area contributed by atoms with Crippen LogP contribution in [0, 0.1) is 20.8 Å². The summed E-state index contributed by atoms with van der Waals surface area (Å²) in [6, 6.07) is 7.45. The van der Waals surface area contributed by atoms with Crippen LogP contribution in [0.15, 0.2) is 28.7 Å². The van der Waals surface area contributed by atoms with Crippen LogP contribution < -0.4 is 5.73 Å². The number of hydrogen-bond donors (Lipinski definition) is 1. The Bertz CT molecular complexity index is 545. The minimum Gasteiger partial charge on any atom is -0.466 e. The largest absolute Gasteiger partial charge is 0.466 e. The van der Waals surface area contributed by atoms with Crippen molar-refractivity contribution >= 4 is 11.6 Å². The van der Waals surface area contributed by atoms with Crippen LogP contribution in [0.5, 0.6) is 0 Å². The van der Waals surface area contributed by atoms with Crippen molar-refractivity contribution in [3.63, 3.8) is 0 Å². The average molecular weight is 250 g/mol. The highest BCUT2D eigenvalue weighted by Crippen LogP contribution is 2.30. The molecule has 2 aromatic rings. The van der Waals surface area contributed by atoms with Crippen molar-refractivity contribution < 1.29 is 4.42 Å². The second kappa shape index (κ2) is 4.55. The molecule has 0 fully saturated rings. The van der Waals surface area contributed by atoms with Gasteiger partial charge in [-0.2, -0.15) is 0 Å². The van der Waals surface area contributed by atoms with Gasteiger partial charge in [0.25, 0.3) is 0 Å². The number of hydrogen-bond acceptors (Lipinski definition) is 2. The van der Waals surface area contributed by atoms with Gasteiger partial charge in [-0.25, -0.2) is 0 Å². The molecular weight excluding hydrogens is 234 g/mol. The molecule has 17 heavy (non-hydrogen) atoms. The van der Waals surface area contributed by atoms with E-state index in [9.17, 15) is 0 Å². The Hall–Kier alpha value is -1.25. The van der Waals surface area contributed by atoms with Crippen LogP contribution in [-0.2, 0) is 0 Å². The van der Waals surface area contributed by atoms with E-state index < -0.39 is 0 Å². The summed E-state index contributed by atoms with van der Waals surface area (Å²) in [5.41, 5.74) is 9.47. The Morgan fingerprint density at radius 3 is 2.41 bits per heavy atom. The van der Waals surface area contributed by atoms with Gasteiger partial charge in [0, 0.05) is 10.6 Å². The van der Waals surface area contributed by atoms with E-state index in [4.69, 9.17) is 21.8 Å². The highest BCUT2D eigenvalue weighted by molar-refractivity contribution is 6.30. The van der Waals surface area contributed by atoms with Gasteiger partial charge < -0.3 is 10.2 Å². The van der Waals surface area contributed by atoms with Gasteiger partial charge in [0.1, 0.15) is 11.5 Å². The van der Waals surface area contributed by atoms with Gasteiger partial charge in [-0.15, -0.1) is 0 Å². The Morgan fingerprint density at radius 1 is 1.18 bits per heavy atom. The van der Waals surface area contributed by atoms with E-state index in [1.165, 1.54) is 0 Å². The molecule has 1 aromatic carbocycles. The predicted octanol–water partition coefficient (Wildman–Crippen LogP) is 3.91. The van der Waals surface area contributed by atoms with Crippen LogP contribution in [0.1, 0.15) is 34.3 Å². The normalized spacial score (nSPS) is 12.8. The van der Waals surface area contributed by atoms with Crippen molar-refractivity contribution in [2.75, 3.05) is 0 Å². The third-order valence-electron chi connectivity index (χ3n) is 3.14. The maximum Gasteiger partial charge on any atom is 0.106 e. The number of rotatable bonds is 2. The molecule has 2 nitrogen and oxygen atoms in total. The Kier molecular flexibility index (Phi) is 3.27. The standard InChI is InChI=1S/C14H16ClNO/c1-8-9(2)17-10(3)13(8)14(16)11-5-4-6-12(15)7-11/h4-7,14H,16H2,1-3H3. The van der Waals surface area contributed by atoms with Crippen LogP contribution in [0.3, 0.4) is 0 Å². The fourth-order valence-corrected chi connectivity index (χ4v) is 2.33. The lowest BCUT2D eigenvalue weighted by Gasteiger charge is -2.13. The smallest absolute Gasteiger partial charge is 0.106 e. The monoisotopic (exact) mass is 249 g/mol. The number of nitrogens with two attached hydrogens (primary N) is 1. The number of furan rings is 1. The molecule has 0 saturated heterocycles. The molecule has 3 heteroatoms. The lowest BCUT2D eigenvalue weighted by atomic mass is 9.96. The van der Waals surface area contributed by atoms with Crippen molar-refractivity contribution in [3.8, 4) is 0 Å². The SMILES string of the molecule is Cc1oc(C)c(C(N)c2cccc(Cl)c2)c1C. The summed E-state index contributed by atoms with van der Waals surface area (Å²) in [6.45, 7) is 5.93. The fraction of sp³-hybridized carbons (Fsp3) is 0.286. The minimum atomic E-state index is -0.189. The Labute approximate surface area is 106 Å². The highest BCUT2D eigenvalue weighted by Gasteiger charge is 2.19. The van der Waals surface area contributed by atoms with E-state index in [-0.39, 0.29) is 6.04 Å². The second-order valence-electron chi connectivity index (χ2n) is 4.29. The molecule has 1 heterocycles. The Morgan fingerprint density at radius 2 is 1.88 bits per heavy atom. The Balaban J connectivity index is 2.47. The van der Waals surface area contributed by atoms with Gasteiger partial charge in [0.2, 0.25) is 0 Å². The summed E-state index contributed by atoms with van der Waals surface area (Å²) in [5.74, 6) is 1.81. The molecular formula is C14H16ClNO. The zero-order valence-corrected chi connectivity index (χ0v) is 11.0. The summed E-state index contributed by atoms with van der Waals surface area (Å²) < 4.78 is 5.61. The van der Waals surface area contributed by atoms with Crippen LogP contribution >= 0.6 is 11.6 Å². The van der Waals surface area contributed by atoms with Crippen molar-refractivity contribution in [3.05, 3.63) is 57.5 Å². The minimum absolute atomic E-state index is 0.189. The molecule has 1 unspecified atom stereocenters. The van der Waals surface area contributed by atoms with E-state index >= 15 is 0 Å². The van der Waals surface area contributed by atoms with Crippen LogP contribution in [0.25, 0.3) is 0 Å². The van der Waals surface area contributed by atoms with E-state index in [0.29, 0.717) is 5.02 Å². The van der Waals surface area contributed by atoms with Gasteiger partial charge in [-0.1, -0.05) is 23.7 Å².